The van der Waals surface area contributed by atoms with Gasteiger partial charge in [-0.15, -0.1) is 0 Å². The zero-order valence-electron chi connectivity index (χ0n) is 9.13. The lowest BCUT2D eigenvalue weighted by Gasteiger charge is -2.04. The van der Waals surface area contributed by atoms with Crippen molar-refractivity contribution in [2.45, 2.75) is 13.8 Å². The predicted octanol–water partition coefficient (Wildman–Crippen LogP) is 2.33. The van der Waals surface area contributed by atoms with Gasteiger partial charge in [-0.05, 0) is 32.0 Å². The molecule has 1 aromatic carbocycles. The molecule has 0 unspecified atom stereocenters. The van der Waals surface area contributed by atoms with Crippen molar-refractivity contribution in [3.63, 3.8) is 0 Å². The van der Waals surface area contributed by atoms with E-state index in [0.29, 0.717) is 0 Å². The molecule has 0 aliphatic carbocycles. The van der Waals surface area contributed by atoms with E-state index in [9.17, 15) is 0 Å². The van der Waals surface area contributed by atoms with Crippen LogP contribution in [0.15, 0.2) is 23.2 Å². The molecule has 78 valence electrons. The summed E-state index contributed by atoms with van der Waals surface area (Å²) in [5.41, 5.74) is 3.06. The average molecular weight is 202 g/mol. The van der Waals surface area contributed by atoms with Gasteiger partial charge >= 0.3 is 0 Å². The molecule has 0 spiro atoms. The minimum Gasteiger partial charge on any atom is -0.344 e. The molecule has 0 atom stereocenters. The monoisotopic (exact) mass is 202 g/mol. The number of aromatic nitrogens is 2. The number of anilines is 1. The Bertz CT molecular complexity index is 510. The fraction of sp³-hybridized carbons (Fsp3) is 0.273. The molecule has 0 amide bonds. The van der Waals surface area contributed by atoms with Crippen molar-refractivity contribution in [1.82, 2.24) is 9.97 Å². The van der Waals surface area contributed by atoms with Crippen LogP contribution in [0.1, 0.15) is 12.7 Å². The number of aliphatic imine (C=N–C) groups is 1. The summed E-state index contributed by atoms with van der Waals surface area (Å²) in [6.07, 6.45) is 0. The van der Waals surface area contributed by atoms with Gasteiger partial charge in [0.05, 0.1) is 16.9 Å². The minimum atomic E-state index is 0.894. The topological polar surface area (TPSA) is 53.1 Å². The summed E-state index contributed by atoms with van der Waals surface area (Å²) >= 11 is 0. The van der Waals surface area contributed by atoms with Gasteiger partial charge in [-0.25, -0.2) is 4.98 Å². The van der Waals surface area contributed by atoms with Gasteiger partial charge in [0.1, 0.15) is 5.82 Å². The van der Waals surface area contributed by atoms with Crippen molar-refractivity contribution in [3.05, 3.63) is 24.0 Å². The molecule has 1 aromatic heterocycles. The summed E-state index contributed by atoms with van der Waals surface area (Å²) in [5, 5.41) is 3.20. The molecule has 0 aliphatic heterocycles. The number of hydrogen-bond acceptors (Lipinski definition) is 2. The third-order valence-corrected chi connectivity index (χ3v) is 2.26. The van der Waals surface area contributed by atoms with Gasteiger partial charge in [0, 0.05) is 12.7 Å². The Labute approximate surface area is 88.4 Å². The molecule has 0 saturated heterocycles. The Hall–Kier alpha value is -1.84. The van der Waals surface area contributed by atoms with Crippen LogP contribution in [0, 0.1) is 6.92 Å². The number of benzene rings is 1. The summed E-state index contributed by atoms with van der Waals surface area (Å²) in [6, 6.07) is 6.02. The van der Waals surface area contributed by atoms with Crippen LogP contribution >= 0.6 is 0 Å². The number of nitrogens with one attached hydrogen (secondary N) is 2. The lowest BCUT2D eigenvalue weighted by Crippen LogP contribution is -2.06. The van der Waals surface area contributed by atoms with Crippen LogP contribution in [-0.2, 0) is 0 Å². The molecule has 15 heavy (non-hydrogen) atoms. The van der Waals surface area contributed by atoms with Crippen LogP contribution in [0.2, 0.25) is 0 Å². The third kappa shape index (κ3) is 1.98. The molecular formula is C11H14N4. The van der Waals surface area contributed by atoms with Gasteiger partial charge in [0.15, 0.2) is 0 Å². The van der Waals surface area contributed by atoms with Crippen molar-refractivity contribution in [1.29, 1.82) is 0 Å². The maximum absolute atomic E-state index is 4.34. The first-order valence-corrected chi connectivity index (χ1v) is 4.86. The van der Waals surface area contributed by atoms with Crippen molar-refractivity contribution in [2.24, 2.45) is 4.99 Å². The first kappa shape index (κ1) is 9.71. The number of hydrogen-bond donors (Lipinski definition) is 2. The van der Waals surface area contributed by atoms with Crippen molar-refractivity contribution in [3.8, 4) is 0 Å². The van der Waals surface area contributed by atoms with E-state index in [-0.39, 0.29) is 0 Å². The van der Waals surface area contributed by atoms with Gasteiger partial charge in [-0.3, -0.25) is 4.99 Å². The second kappa shape index (κ2) is 3.73. The zero-order chi connectivity index (χ0) is 10.8. The Balaban J connectivity index is 2.38. The summed E-state index contributed by atoms with van der Waals surface area (Å²) in [5.74, 6) is 1.83. The quantitative estimate of drug-likeness (QED) is 0.551. The van der Waals surface area contributed by atoms with E-state index in [1.807, 2.05) is 32.0 Å². The Morgan fingerprint density at radius 2 is 2.27 bits per heavy atom. The highest BCUT2D eigenvalue weighted by molar-refractivity contribution is 5.95. The lowest BCUT2D eigenvalue weighted by molar-refractivity contribution is 1.17. The van der Waals surface area contributed by atoms with E-state index in [0.717, 1.165) is 28.4 Å². The number of imidazole rings is 1. The smallest absolute Gasteiger partial charge is 0.104 e. The highest BCUT2D eigenvalue weighted by Crippen LogP contribution is 2.16. The zero-order valence-corrected chi connectivity index (χ0v) is 9.13. The highest BCUT2D eigenvalue weighted by Gasteiger charge is 2.00. The molecule has 0 aliphatic rings. The summed E-state index contributed by atoms with van der Waals surface area (Å²) in [4.78, 5) is 11.6. The fourth-order valence-electron chi connectivity index (χ4n) is 1.48. The van der Waals surface area contributed by atoms with Gasteiger partial charge < -0.3 is 10.3 Å². The van der Waals surface area contributed by atoms with Crippen LogP contribution in [0.5, 0.6) is 0 Å². The fourth-order valence-corrected chi connectivity index (χ4v) is 1.48. The maximum Gasteiger partial charge on any atom is 0.104 e. The molecular weight excluding hydrogens is 188 g/mol. The SMILES string of the molecule is CN=C(C)Nc1ccc2nc(C)[nH]c2c1. The lowest BCUT2D eigenvalue weighted by atomic mass is 10.3. The molecule has 0 bridgehead atoms. The van der Waals surface area contributed by atoms with E-state index >= 15 is 0 Å². The molecule has 0 fully saturated rings. The number of aryl methyl sites for hydroxylation is 1. The van der Waals surface area contributed by atoms with E-state index in [1.54, 1.807) is 7.05 Å². The Morgan fingerprint density at radius 1 is 1.47 bits per heavy atom. The van der Waals surface area contributed by atoms with Crippen molar-refractivity contribution in [2.75, 3.05) is 12.4 Å². The number of H-pyrrole nitrogens is 1. The first-order chi connectivity index (χ1) is 7.19. The Morgan fingerprint density at radius 3 is 3.00 bits per heavy atom. The number of nitrogens with zero attached hydrogens (tertiary/aromatic N) is 2. The second-order valence-corrected chi connectivity index (χ2v) is 3.49. The van der Waals surface area contributed by atoms with Gasteiger partial charge in [-0.2, -0.15) is 0 Å². The first-order valence-electron chi connectivity index (χ1n) is 4.86. The van der Waals surface area contributed by atoms with Crippen LogP contribution in [-0.4, -0.2) is 22.9 Å². The highest BCUT2D eigenvalue weighted by atomic mass is 15.0. The number of amidine groups is 1. The number of fused-ring (bicyclic) bond motifs is 1. The molecule has 0 radical (unpaired) electrons. The van der Waals surface area contributed by atoms with E-state index in [2.05, 4.69) is 20.3 Å². The average Bonchev–Trinajstić information content (AvgIpc) is 2.57. The summed E-state index contributed by atoms with van der Waals surface area (Å²) in [7, 11) is 1.77. The molecule has 2 aromatic rings. The summed E-state index contributed by atoms with van der Waals surface area (Å²) in [6.45, 7) is 3.88. The third-order valence-electron chi connectivity index (χ3n) is 2.26. The van der Waals surface area contributed by atoms with Crippen LogP contribution in [0.25, 0.3) is 11.0 Å². The molecule has 4 heteroatoms. The van der Waals surface area contributed by atoms with Crippen molar-refractivity contribution >= 4 is 22.6 Å². The van der Waals surface area contributed by atoms with Gasteiger partial charge in [0.2, 0.25) is 0 Å². The predicted molar refractivity (Wildman–Crippen MR) is 63.5 cm³/mol. The standard InChI is InChI=1S/C11H14N4/c1-7(12-3)13-9-4-5-10-11(6-9)15-8(2)14-10/h4-6H,1-3H3,(H,12,13)(H,14,15). The van der Waals surface area contributed by atoms with E-state index < -0.39 is 0 Å². The largest absolute Gasteiger partial charge is 0.344 e. The molecule has 2 rings (SSSR count). The molecule has 1 heterocycles. The molecule has 2 N–H and O–H groups in total. The summed E-state index contributed by atoms with van der Waals surface area (Å²) < 4.78 is 0. The van der Waals surface area contributed by atoms with E-state index in [4.69, 9.17) is 0 Å². The minimum absolute atomic E-state index is 0.894. The maximum atomic E-state index is 4.34. The molecule has 0 saturated carbocycles. The van der Waals surface area contributed by atoms with Crippen molar-refractivity contribution < 1.29 is 0 Å². The second-order valence-electron chi connectivity index (χ2n) is 3.49. The Kier molecular flexibility index (Phi) is 2.41. The van der Waals surface area contributed by atoms with Gasteiger partial charge in [0.25, 0.3) is 0 Å². The number of aromatic amines is 1. The van der Waals surface area contributed by atoms with Crippen LogP contribution in [0.4, 0.5) is 5.69 Å². The van der Waals surface area contributed by atoms with Crippen LogP contribution < -0.4 is 5.32 Å². The normalized spacial score (nSPS) is 12.1. The number of rotatable bonds is 1. The van der Waals surface area contributed by atoms with E-state index in [1.165, 1.54) is 0 Å². The molecule has 4 nitrogen and oxygen atoms in total. The van der Waals surface area contributed by atoms with Gasteiger partial charge in [-0.1, -0.05) is 0 Å². The van der Waals surface area contributed by atoms with Crippen LogP contribution in [0.3, 0.4) is 0 Å².